The Morgan fingerprint density at radius 1 is 1.27 bits per heavy atom. The van der Waals surface area contributed by atoms with Crippen LogP contribution in [0.15, 0.2) is 42.5 Å². The molecule has 0 saturated carbocycles. The molecule has 1 aliphatic rings. The number of nitrogens with zero attached hydrogens (tertiary/aromatic N) is 1. The van der Waals surface area contributed by atoms with Crippen molar-refractivity contribution in [2.24, 2.45) is 5.92 Å². The van der Waals surface area contributed by atoms with Gasteiger partial charge in [0.15, 0.2) is 0 Å². The Bertz CT molecular complexity index is 1010. The number of ether oxygens (including phenoxy) is 1. The second-order valence-electron chi connectivity index (χ2n) is 7.24. The van der Waals surface area contributed by atoms with Gasteiger partial charge in [0.05, 0.1) is 19.6 Å². The number of aliphatic carboxylic acids is 1. The zero-order valence-electron chi connectivity index (χ0n) is 16.6. The number of terminal acetylenes is 1. The Morgan fingerprint density at radius 2 is 1.97 bits per heavy atom. The molecule has 7 nitrogen and oxygen atoms in total. The number of amides is 1. The van der Waals surface area contributed by atoms with E-state index in [1.165, 1.54) is 0 Å². The van der Waals surface area contributed by atoms with Gasteiger partial charge in [-0.25, -0.2) is 0 Å². The molecule has 0 aliphatic carbocycles. The number of amidine groups is 1. The van der Waals surface area contributed by atoms with Crippen LogP contribution in [0.3, 0.4) is 0 Å². The van der Waals surface area contributed by atoms with Gasteiger partial charge in [-0.1, -0.05) is 24.1 Å². The summed E-state index contributed by atoms with van der Waals surface area (Å²) in [4.78, 5) is 25.1. The number of anilines is 1. The SMILES string of the molecule is C#CCN(C)C(=N)c1ccc(C(=O)Nc2ccc3c(c2)OCC(CC(=O)O)C3)cc1. The molecule has 2 aromatic carbocycles. The average molecular weight is 405 g/mol. The molecule has 1 atom stereocenters. The van der Waals surface area contributed by atoms with E-state index in [9.17, 15) is 9.59 Å². The van der Waals surface area contributed by atoms with Gasteiger partial charge < -0.3 is 20.1 Å². The molecule has 0 spiro atoms. The summed E-state index contributed by atoms with van der Waals surface area (Å²) < 4.78 is 5.69. The Hall–Kier alpha value is -3.79. The summed E-state index contributed by atoms with van der Waals surface area (Å²) in [5, 5.41) is 19.9. The van der Waals surface area contributed by atoms with Gasteiger partial charge in [-0.3, -0.25) is 15.0 Å². The van der Waals surface area contributed by atoms with Crippen molar-refractivity contribution in [3.63, 3.8) is 0 Å². The summed E-state index contributed by atoms with van der Waals surface area (Å²) in [7, 11) is 1.74. The monoisotopic (exact) mass is 405 g/mol. The maximum absolute atomic E-state index is 12.6. The molecular weight excluding hydrogens is 382 g/mol. The van der Waals surface area contributed by atoms with Crippen LogP contribution in [0.25, 0.3) is 0 Å². The van der Waals surface area contributed by atoms with Crippen molar-refractivity contribution < 1.29 is 19.4 Å². The largest absolute Gasteiger partial charge is 0.493 e. The fraction of sp³-hybridized carbons (Fsp3) is 0.261. The van der Waals surface area contributed by atoms with Crippen LogP contribution in [0.5, 0.6) is 5.75 Å². The lowest BCUT2D eigenvalue weighted by atomic mass is 9.94. The lowest BCUT2D eigenvalue weighted by molar-refractivity contribution is -0.138. The molecule has 3 rings (SSSR count). The third-order valence-electron chi connectivity index (χ3n) is 4.90. The average Bonchev–Trinajstić information content (AvgIpc) is 2.73. The van der Waals surface area contributed by atoms with Crippen LogP contribution in [-0.2, 0) is 11.2 Å². The highest BCUT2D eigenvalue weighted by Crippen LogP contribution is 2.31. The van der Waals surface area contributed by atoms with Crippen molar-refractivity contribution in [2.45, 2.75) is 12.8 Å². The first-order chi connectivity index (χ1) is 14.4. The number of benzene rings is 2. The zero-order valence-corrected chi connectivity index (χ0v) is 16.6. The molecule has 30 heavy (non-hydrogen) atoms. The number of rotatable bonds is 6. The number of carboxylic acid groups (broad SMARTS) is 1. The first-order valence-electron chi connectivity index (χ1n) is 9.50. The summed E-state index contributed by atoms with van der Waals surface area (Å²) in [5.41, 5.74) is 2.67. The van der Waals surface area contributed by atoms with Crippen molar-refractivity contribution in [3.05, 3.63) is 59.2 Å². The molecule has 3 N–H and O–H groups in total. The van der Waals surface area contributed by atoms with Crippen LogP contribution in [0, 0.1) is 23.7 Å². The molecular formula is C23H23N3O4. The molecule has 0 aromatic heterocycles. The summed E-state index contributed by atoms with van der Waals surface area (Å²) in [6, 6.07) is 12.1. The molecule has 0 radical (unpaired) electrons. The van der Waals surface area contributed by atoms with E-state index in [0.29, 0.717) is 42.1 Å². The van der Waals surface area contributed by atoms with Crippen LogP contribution in [0.4, 0.5) is 5.69 Å². The predicted molar refractivity (Wildman–Crippen MR) is 114 cm³/mol. The molecule has 154 valence electrons. The molecule has 1 unspecified atom stereocenters. The van der Waals surface area contributed by atoms with Crippen LogP contribution in [0.2, 0.25) is 0 Å². The van der Waals surface area contributed by atoms with Crippen molar-refractivity contribution in [1.29, 1.82) is 5.41 Å². The number of carboxylic acids is 1. The van der Waals surface area contributed by atoms with Gasteiger partial charge >= 0.3 is 5.97 Å². The molecule has 1 aliphatic heterocycles. The lowest BCUT2D eigenvalue weighted by Gasteiger charge is -2.24. The summed E-state index contributed by atoms with van der Waals surface area (Å²) in [6.45, 7) is 0.677. The Balaban J connectivity index is 1.65. The van der Waals surface area contributed by atoms with Gasteiger partial charge in [0.2, 0.25) is 0 Å². The Labute approximate surface area is 175 Å². The first-order valence-corrected chi connectivity index (χ1v) is 9.50. The highest BCUT2D eigenvalue weighted by atomic mass is 16.5. The smallest absolute Gasteiger partial charge is 0.303 e. The summed E-state index contributed by atoms with van der Waals surface area (Å²) in [5.74, 6) is 2.28. The van der Waals surface area contributed by atoms with Crippen LogP contribution >= 0.6 is 0 Å². The lowest BCUT2D eigenvalue weighted by Crippen LogP contribution is -2.27. The van der Waals surface area contributed by atoms with E-state index in [1.807, 2.05) is 6.07 Å². The summed E-state index contributed by atoms with van der Waals surface area (Å²) in [6.07, 6.45) is 5.99. The standard InChI is InChI=1S/C23H23N3O4/c1-3-10-26(2)22(24)16-4-6-17(7-5-16)23(29)25-19-9-8-18-11-15(12-21(27)28)14-30-20(18)13-19/h1,4-9,13,15,24H,10-12,14H2,2H3,(H,25,29)(H,27,28). The minimum absolute atomic E-state index is 0.0487. The second kappa shape index (κ2) is 9.14. The Morgan fingerprint density at radius 3 is 2.63 bits per heavy atom. The fourth-order valence-corrected chi connectivity index (χ4v) is 3.31. The van der Waals surface area contributed by atoms with E-state index in [0.717, 1.165) is 5.56 Å². The maximum Gasteiger partial charge on any atom is 0.303 e. The maximum atomic E-state index is 12.6. The van der Waals surface area contributed by atoms with Gasteiger partial charge in [0, 0.05) is 35.8 Å². The number of carbonyl (C=O) groups excluding carboxylic acids is 1. The minimum atomic E-state index is -0.834. The number of fused-ring (bicyclic) bond motifs is 1. The van der Waals surface area contributed by atoms with Crippen LogP contribution in [0.1, 0.15) is 27.9 Å². The van der Waals surface area contributed by atoms with E-state index in [1.54, 1.807) is 48.3 Å². The van der Waals surface area contributed by atoms with E-state index in [-0.39, 0.29) is 24.1 Å². The van der Waals surface area contributed by atoms with E-state index >= 15 is 0 Å². The highest BCUT2D eigenvalue weighted by Gasteiger charge is 2.22. The number of hydrogen-bond donors (Lipinski definition) is 3. The third-order valence-corrected chi connectivity index (χ3v) is 4.90. The van der Waals surface area contributed by atoms with E-state index in [4.69, 9.17) is 21.7 Å². The third kappa shape index (κ3) is 4.97. The van der Waals surface area contributed by atoms with Crippen molar-refractivity contribution >= 4 is 23.4 Å². The molecule has 0 saturated heterocycles. The van der Waals surface area contributed by atoms with Gasteiger partial charge in [-0.2, -0.15) is 0 Å². The normalized spacial score (nSPS) is 14.6. The molecule has 7 heteroatoms. The molecule has 0 fully saturated rings. The van der Waals surface area contributed by atoms with Crippen LogP contribution in [-0.4, -0.2) is 47.9 Å². The summed E-state index contributed by atoms with van der Waals surface area (Å²) >= 11 is 0. The molecule has 0 bridgehead atoms. The van der Waals surface area contributed by atoms with Crippen LogP contribution < -0.4 is 10.1 Å². The second-order valence-corrected chi connectivity index (χ2v) is 7.24. The molecule has 1 amide bonds. The number of nitrogens with one attached hydrogen (secondary N) is 2. The van der Waals surface area contributed by atoms with Gasteiger partial charge in [-0.05, 0) is 30.2 Å². The van der Waals surface area contributed by atoms with Crippen molar-refractivity contribution in [2.75, 3.05) is 25.5 Å². The fourth-order valence-electron chi connectivity index (χ4n) is 3.31. The van der Waals surface area contributed by atoms with Crippen molar-refractivity contribution in [1.82, 2.24) is 4.90 Å². The molecule has 1 heterocycles. The number of carbonyl (C=O) groups is 2. The highest BCUT2D eigenvalue weighted by molar-refractivity contribution is 6.05. The zero-order chi connectivity index (χ0) is 21.7. The topological polar surface area (TPSA) is 103 Å². The quantitative estimate of drug-likeness (QED) is 0.390. The molecule has 2 aromatic rings. The van der Waals surface area contributed by atoms with E-state index in [2.05, 4.69) is 11.2 Å². The first kappa shape index (κ1) is 20.9. The number of hydrogen-bond acceptors (Lipinski definition) is 4. The van der Waals surface area contributed by atoms with Gasteiger partial charge in [0.1, 0.15) is 11.6 Å². The predicted octanol–water partition coefficient (Wildman–Crippen LogP) is 2.86. The van der Waals surface area contributed by atoms with E-state index < -0.39 is 5.97 Å². The Kier molecular flexibility index (Phi) is 6.38. The minimum Gasteiger partial charge on any atom is -0.493 e. The van der Waals surface area contributed by atoms with Crippen molar-refractivity contribution in [3.8, 4) is 18.1 Å². The van der Waals surface area contributed by atoms with Gasteiger partial charge in [-0.15, -0.1) is 6.42 Å². The van der Waals surface area contributed by atoms with Gasteiger partial charge in [0.25, 0.3) is 5.91 Å².